The van der Waals surface area contributed by atoms with Gasteiger partial charge in [0, 0.05) is 11.1 Å². The molecule has 0 fully saturated rings. The van der Waals surface area contributed by atoms with E-state index < -0.39 is 17.2 Å². The van der Waals surface area contributed by atoms with Gasteiger partial charge in [0.15, 0.2) is 11.6 Å². The summed E-state index contributed by atoms with van der Waals surface area (Å²) in [7, 11) is 0. The summed E-state index contributed by atoms with van der Waals surface area (Å²) in [6, 6.07) is 4.09. The summed E-state index contributed by atoms with van der Waals surface area (Å²) in [4.78, 5) is 0. The summed E-state index contributed by atoms with van der Waals surface area (Å²) in [6.07, 6.45) is 0. The van der Waals surface area contributed by atoms with Crippen LogP contribution in [0, 0.1) is 17.6 Å². The van der Waals surface area contributed by atoms with Crippen molar-refractivity contribution in [2.45, 2.75) is 26.3 Å². The summed E-state index contributed by atoms with van der Waals surface area (Å²) in [5, 5.41) is 0. The predicted octanol–water partition coefficient (Wildman–Crippen LogP) is 2.79. The first kappa shape index (κ1) is 11.1. The largest absolute Gasteiger partial charge is 0.321 e. The van der Waals surface area contributed by atoms with Crippen LogP contribution in [0.1, 0.15) is 26.3 Å². The average Bonchev–Trinajstić information content (AvgIpc) is 2.09. The van der Waals surface area contributed by atoms with Crippen LogP contribution in [0.2, 0.25) is 0 Å². The lowest BCUT2D eigenvalue weighted by atomic mass is 9.82. The van der Waals surface area contributed by atoms with Gasteiger partial charge in [-0.25, -0.2) is 8.78 Å². The Morgan fingerprint density at radius 2 is 1.86 bits per heavy atom. The molecule has 0 aliphatic carbocycles. The van der Waals surface area contributed by atoms with Crippen molar-refractivity contribution in [3.05, 3.63) is 35.4 Å². The van der Waals surface area contributed by atoms with Crippen molar-refractivity contribution in [2.24, 2.45) is 11.7 Å². The van der Waals surface area contributed by atoms with E-state index in [1.807, 2.05) is 13.8 Å². The van der Waals surface area contributed by atoms with Crippen LogP contribution in [0.5, 0.6) is 0 Å². The van der Waals surface area contributed by atoms with E-state index in [-0.39, 0.29) is 11.5 Å². The van der Waals surface area contributed by atoms with Crippen molar-refractivity contribution >= 4 is 0 Å². The lowest BCUT2D eigenvalue weighted by Gasteiger charge is -2.30. The summed E-state index contributed by atoms with van der Waals surface area (Å²) in [5.74, 6) is -1.65. The molecule has 0 saturated heterocycles. The molecular weight excluding hydrogens is 184 g/mol. The van der Waals surface area contributed by atoms with Gasteiger partial charge in [-0.05, 0) is 18.9 Å². The minimum Gasteiger partial charge on any atom is -0.321 e. The molecule has 3 heteroatoms. The SMILES string of the molecule is CC(C)C(C)(N)c1cccc(F)c1F. The molecule has 0 heterocycles. The minimum absolute atomic E-state index is 0.0406. The number of rotatable bonds is 2. The fourth-order valence-corrected chi connectivity index (χ4v) is 1.23. The third-order valence-electron chi connectivity index (χ3n) is 2.73. The zero-order valence-electron chi connectivity index (χ0n) is 8.64. The lowest BCUT2D eigenvalue weighted by molar-refractivity contribution is 0.330. The van der Waals surface area contributed by atoms with Gasteiger partial charge in [0.05, 0.1) is 0 Å². The molecule has 0 aromatic heterocycles. The van der Waals surface area contributed by atoms with Crippen LogP contribution in [-0.4, -0.2) is 0 Å². The topological polar surface area (TPSA) is 26.0 Å². The molecule has 2 N–H and O–H groups in total. The Bertz CT molecular complexity index is 332. The minimum atomic E-state index is -0.847. The molecular formula is C11H15F2N. The maximum Gasteiger partial charge on any atom is 0.163 e. The first-order valence-corrected chi connectivity index (χ1v) is 4.60. The van der Waals surface area contributed by atoms with Crippen molar-refractivity contribution in [3.63, 3.8) is 0 Å². The van der Waals surface area contributed by atoms with Gasteiger partial charge in [0.25, 0.3) is 0 Å². The predicted molar refractivity (Wildman–Crippen MR) is 52.7 cm³/mol. The summed E-state index contributed by atoms with van der Waals surface area (Å²) < 4.78 is 26.3. The van der Waals surface area contributed by atoms with E-state index in [0.29, 0.717) is 0 Å². The smallest absolute Gasteiger partial charge is 0.163 e. The second kappa shape index (κ2) is 3.65. The highest BCUT2D eigenvalue weighted by atomic mass is 19.2. The highest BCUT2D eigenvalue weighted by molar-refractivity contribution is 5.26. The number of benzene rings is 1. The van der Waals surface area contributed by atoms with Crippen LogP contribution in [0.15, 0.2) is 18.2 Å². The van der Waals surface area contributed by atoms with Crippen LogP contribution < -0.4 is 5.73 Å². The number of hydrogen-bond donors (Lipinski definition) is 1. The summed E-state index contributed by atoms with van der Waals surface area (Å²) in [5.41, 5.74) is 5.33. The van der Waals surface area contributed by atoms with Gasteiger partial charge in [-0.2, -0.15) is 0 Å². The molecule has 1 aromatic rings. The zero-order valence-corrected chi connectivity index (χ0v) is 8.64. The van der Waals surface area contributed by atoms with Gasteiger partial charge in [-0.3, -0.25) is 0 Å². The molecule has 0 aliphatic rings. The quantitative estimate of drug-likeness (QED) is 0.778. The molecule has 1 atom stereocenters. The van der Waals surface area contributed by atoms with Crippen LogP contribution in [0.4, 0.5) is 8.78 Å². The molecule has 0 spiro atoms. The van der Waals surface area contributed by atoms with Crippen LogP contribution in [-0.2, 0) is 5.54 Å². The van der Waals surface area contributed by atoms with Crippen molar-refractivity contribution in [1.82, 2.24) is 0 Å². The van der Waals surface area contributed by atoms with E-state index in [9.17, 15) is 8.78 Å². The standard InChI is InChI=1S/C11H15F2N/c1-7(2)11(3,14)8-5-4-6-9(12)10(8)13/h4-7H,14H2,1-3H3. The Labute approximate surface area is 82.9 Å². The molecule has 0 radical (unpaired) electrons. The molecule has 0 saturated carbocycles. The molecule has 14 heavy (non-hydrogen) atoms. The highest BCUT2D eigenvalue weighted by Crippen LogP contribution is 2.29. The Morgan fingerprint density at radius 3 is 2.36 bits per heavy atom. The Morgan fingerprint density at radius 1 is 1.29 bits per heavy atom. The highest BCUT2D eigenvalue weighted by Gasteiger charge is 2.29. The van der Waals surface area contributed by atoms with Gasteiger partial charge in [-0.15, -0.1) is 0 Å². The van der Waals surface area contributed by atoms with Crippen molar-refractivity contribution in [2.75, 3.05) is 0 Å². The number of nitrogens with two attached hydrogens (primary N) is 1. The Balaban J connectivity index is 3.26. The molecule has 0 aliphatic heterocycles. The van der Waals surface area contributed by atoms with Crippen LogP contribution >= 0.6 is 0 Å². The van der Waals surface area contributed by atoms with Gasteiger partial charge in [-0.1, -0.05) is 26.0 Å². The number of halogens is 2. The molecule has 1 rings (SSSR count). The summed E-state index contributed by atoms with van der Waals surface area (Å²) >= 11 is 0. The van der Waals surface area contributed by atoms with E-state index in [1.54, 1.807) is 6.92 Å². The first-order valence-electron chi connectivity index (χ1n) is 4.60. The molecule has 0 bridgehead atoms. The summed E-state index contributed by atoms with van der Waals surface area (Å²) in [6.45, 7) is 5.46. The van der Waals surface area contributed by atoms with Crippen LogP contribution in [0.25, 0.3) is 0 Å². The molecule has 0 amide bonds. The fraction of sp³-hybridized carbons (Fsp3) is 0.455. The number of hydrogen-bond acceptors (Lipinski definition) is 1. The Kier molecular flexibility index (Phi) is 2.90. The molecule has 1 aromatic carbocycles. The zero-order chi connectivity index (χ0) is 10.9. The van der Waals surface area contributed by atoms with Gasteiger partial charge < -0.3 is 5.73 Å². The second-order valence-corrected chi connectivity index (χ2v) is 4.04. The first-order chi connectivity index (χ1) is 6.37. The van der Waals surface area contributed by atoms with E-state index in [2.05, 4.69) is 0 Å². The monoisotopic (exact) mass is 199 g/mol. The normalized spacial score (nSPS) is 15.6. The molecule has 1 unspecified atom stereocenters. The van der Waals surface area contributed by atoms with Crippen molar-refractivity contribution in [1.29, 1.82) is 0 Å². The third-order valence-corrected chi connectivity index (χ3v) is 2.73. The van der Waals surface area contributed by atoms with E-state index in [4.69, 9.17) is 5.73 Å². The van der Waals surface area contributed by atoms with Crippen molar-refractivity contribution in [3.8, 4) is 0 Å². The molecule has 78 valence electrons. The van der Waals surface area contributed by atoms with Gasteiger partial charge in [0.1, 0.15) is 0 Å². The van der Waals surface area contributed by atoms with E-state index in [0.717, 1.165) is 6.07 Å². The maximum absolute atomic E-state index is 13.4. The second-order valence-electron chi connectivity index (χ2n) is 4.04. The fourth-order valence-electron chi connectivity index (χ4n) is 1.23. The lowest BCUT2D eigenvalue weighted by Crippen LogP contribution is -2.39. The van der Waals surface area contributed by atoms with E-state index in [1.165, 1.54) is 12.1 Å². The Hall–Kier alpha value is -0.960. The van der Waals surface area contributed by atoms with Crippen LogP contribution in [0.3, 0.4) is 0 Å². The van der Waals surface area contributed by atoms with Gasteiger partial charge >= 0.3 is 0 Å². The maximum atomic E-state index is 13.4. The van der Waals surface area contributed by atoms with Crippen molar-refractivity contribution < 1.29 is 8.78 Å². The molecule has 1 nitrogen and oxygen atoms in total. The van der Waals surface area contributed by atoms with E-state index >= 15 is 0 Å². The van der Waals surface area contributed by atoms with Gasteiger partial charge in [0.2, 0.25) is 0 Å². The average molecular weight is 199 g/mol. The third kappa shape index (κ3) is 1.77.